The molecule has 1 aromatic heterocycles. The summed E-state index contributed by atoms with van der Waals surface area (Å²) in [6.45, 7) is 0. The van der Waals surface area contributed by atoms with Gasteiger partial charge in [-0.3, -0.25) is 4.79 Å². The summed E-state index contributed by atoms with van der Waals surface area (Å²) < 4.78 is 13.1. The van der Waals surface area contributed by atoms with Crippen molar-refractivity contribution in [1.29, 1.82) is 0 Å². The van der Waals surface area contributed by atoms with Crippen LogP contribution in [0.25, 0.3) is 11.1 Å². The van der Waals surface area contributed by atoms with Gasteiger partial charge in [0, 0.05) is 35.2 Å². The van der Waals surface area contributed by atoms with Crippen LogP contribution in [-0.2, 0) is 0 Å². The molecule has 1 heterocycles. The molecule has 1 fully saturated rings. The zero-order chi connectivity index (χ0) is 20.1. The molecule has 29 heavy (non-hydrogen) atoms. The van der Waals surface area contributed by atoms with E-state index in [-0.39, 0.29) is 17.8 Å². The Morgan fingerprint density at radius 3 is 2.38 bits per heavy atom. The highest BCUT2D eigenvalue weighted by atomic mass is 19.1. The molecule has 1 aliphatic carbocycles. The van der Waals surface area contributed by atoms with E-state index < -0.39 is 0 Å². The number of hydrogen-bond acceptors (Lipinski definition) is 4. The lowest BCUT2D eigenvalue weighted by Crippen LogP contribution is -2.36. The van der Waals surface area contributed by atoms with Crippen molar-refractivity contribution in [2.75, 3.05) is 5.32 Å². The highest BCUT2D eigenvalue weighted by molar-refractivity contribution is 5.95. The van der Waals surface area contributed by atoms with Gasteiger partial charge in [0.2, 0.25) is 5.95 Å². The van der Waals surface area contributed by atoms with Crippen molar-refractivity contribution in [2.45, 2.75) is 38.1 Å². The van der Waals surface area contributed by atoms with E-state index in [0.717, 1.165) is 29.7 Å². The van der Waals surface area contributed by atoms with Crippen LogP contribution in [-0.4, -0.2) is 21.9 Å². The smallest absolute Gasteiger partial charge is 0.251 e. The van der Waals surface area contributed by atoms with E-state index in [1.54, 1.807) is 30.6 Å². The second-order valence-electron chi connectivity index (χ2n) is 7.32. The Balaban J connectivity index is 1.42. The van der Waals surface area contributed by atoms with Crippen LogP contribution in [0.2, 0.25) is 0 Å². The van der Waals surface area contributed by atoms with Crippen LogP contribution in [0.15, 0.2) is 60.9 Å². The fourth-order valence-electron chi connectivity index (χ4n) is 3.57. The third-order valence-corrected chi connectivity index (χ3v) is 5.15. The molecule has 0 bridgehead atoms. The van der Waals surface area contributed by atoms with Gasteiger partial charge in [0.25, 0.3) is 5.91 Å². The minimum absolute atomic E-state index is 0.0480. The number of amides is 1. The van der Waals surface area contributed by atoms with Crippen molar-refractivity contribution < 1.29 is 9.18 Å². The van der Waals surface area contributed by atoms with E-state index in [1.165, 1.54) is 31.4 Å². The van der Waals surface area contributed by atoms with Crippen LogP contribution < -0.4 is 10.6 Å². The number of nitrogens with zero attached hydrogens (tertiary/aromatic N) is 2. The van der Waals surface area contributed by atoms with Crippen LogP contribution in [0.3, 0.4) is 0 Å². The van der Waals surface area contributed by atoms with Gasteiger partial charge in [-0.05, 0) is 48.7 Å². The molecular formula is C23H23FN4O. The molecule has 1 aliphatic rings. The maximum Gasteiger partial charge on any atom is 0.251 e. The summed E-state index contributed by atoms with van der Waals surface area (Å²) in [5.41, 5.74) is 3.01. The molecule has 148 valence electrons. The highest BCUT2D eigenvalue weighted by Crippen LogP contribution is 2.21. The van der Waals surface area contributed by atoms with Gasteiger partial charge in [-0.1, -0.05) is 37.5 Å². The van der Waals surface area contributed by atoms with E-state index in [9.17, 15) is 9.18 Å². The molecule has 2 N–H and O–H groups in total. The van der Waals surface area contributed by atoms with Gasteiger partial charge in [-0.25, -0.2) is 14.4 Å². The van der Waals surface area contributed by atoms with Crippen molar-refractivity contribution in [3.8, 4) is 11.1 Å². The fraction of sp³-hybridized carbons (Fsp3) is 0.261. The summed E-state index contributed by atoms with van der Waals surface area (Å²) >= 11 is 0. The number of rotatable bonds is 5. The largest absolute Gasteiger partial charge is 0.349 e. The molecule has 4 rings (SSSR count). The topological polar surface area (TPSA) is 66.9 Å². The van der Waals surface area contributed by atoms with Gasteiger partial charge < -0.3 is 10.6 Å². The molecule has 3 aromatic rings. The number of aromatic nitrogens is 2. The van der Waals surface area contributed by atoms with Crippen molar-refractivity contribution in [3.05, 3.63) is 72.3 Å². The monoisotopic (exact) mass is 390 g/mol. The first-order valence-electron chi connectivity index (χ1n) is 9.93. The van der Waals surface area contributed by atoms with E-state index in [2.05, 4.69) is 20.6 Å². The lowest BCUT2D eigenvalue weighted by molar-refractivity contribution is 0.0927. The Bertz CT molecular complexity index is 967. The molecule has 1 saturated carbocycles. The summed E-state index contributed by atoms with van der Waals surface area (Å²) in [6.07, 6.45) is 9.08. The second kappa shape index (κ2) is 8.82. The summed E-state index contributed by atoms with van der Waals surface area (Å²) in [7, 11) is 0. The van der Waals surface area contributed by atoms with Crippen LogP contribution in [0.5, 0.6) is 0 Å². The average molecular weight is 390 g/mol. The molecule has 0 atom stereocenters. The van der Waals surface area contributed by atoms with Crippen LogP contribution in [0.4, 0.5) is 16.0 Å². The first-order chi connectivity index (χ1) is 14.2. The number of carbonyl (C=O) groups is 1. The lowest BCUT2D eigenvalue weighted by Gasteiger charge is -2.22. The number of nitrogens with one attached hydrogen (secondary N) is 2. The van der Waals surface area contributed by atoms with Crippen LogP contribution in [0, 0.1) is 5.82 Å². The number of halogens is 1. The normalized spacial score (nSPS) is 14.4. The highest BCUT2D eigenvalue weighted by Gasteiger charge is 2.16. The Kier molecular flexibility index (Phi) is 5.79. The predicted molar refractivity (Wildman–Crippen MR) is 111 cm³/mol. The molecule has 0 unspecified atom stereocenters. The van der Waals surface area contributed by atoms with E-state index in [4.69, 9.17) is 0 Å². The Morgan fingerprint density at radius 2 is 1.66 bits per heavy atom. The molecule has 0 aliphatic heterocycles. The van der Waals surface area contributed by atoms with Gasteiger partial charge in [0.15, 0.2) is 0 Å². The summed E-state index contributed by atoms with van der Waals surface area (Å²) in [6, 6.07) is 13.8. The third kappa shape index (κ3) is 4.96. The average Bonchev–Trinajstić information content (AvgIpc) is 2.76. The van der Waals surface area contributed by atoms with Crippen molar-refractivity contribution in [1.82, 2.24) is 15.3 Å². The molecule has 5 nitrogen and oxygen atoms in total. The van der Waals surface area contributed by atoms with E-state index in [1.807, 2.05) is 18.2 Å². The van der Waals surface area contributed by atoms with Gasteiger partial charge in [0.1, 0.15) is 5.82 Å². The molecule has 0 radical (unpaired) electrons. The van der Waals surface area contributed by atoms with Crippen molar-refractivity contribution in [3.63, 3.8) is 0 Å². The zero-order valence-corrected chi connectivity index (χ0v) is 16.1. The number of carbonyl (C=O) groups excluding carboxylic acids is 1. The van der Waals surface area contributed by atoms with Crippen molar-refractivity contribution in [2.24, 2.45) is 0 Å². The van der Waals surface area contributed by atoms with Crippen molar-refractivity contribution >= 4 is 17.5 Å². The quantitative estimate of drug-likeness (QED) is 0.637. The fourth-order valence-corrected chi connectivity index (χ4v) is 3.57. The molecule has 0 saturated heterocycles. The number of hydrogen-bond donors (Lipinski definition) is 2. The molecule has 1 amide bonds. The summed E-state index contributed by atoms with van der Waals surface area (Å²) in [4.78, 5) is 21.2. The zero-order valence-electron chi connectivity index (χ0n) is 16.1. The Labute approximate surface area is 169 Å². The predicted octanol–water partition coefficient (Wildman–Crippen LogP) is 5.09. The van der Waals surface area contributed by atoms with Gasteiger partial charge in [0.05, 0.1) is 0 Å². The van der Waals surface area contributed by atoms with Crippen LogP contribution >= 0.6 is 0 Å². The van der Waals surface area contributed by atoms with Crippen LogP contribution in [0.1, 0.15) is 42.5 Å². The Morgan fingerprint density at radius 1 is 0.931 bits per heavy atom. The second-order valence-corrected chi connectivity index (χ2v) is 7.32. The van der Waals surface area contributed by atoms with Gasteiger partial charge in [-0.15, -0.1) is 0 Å². The first-order valence-corrected chi connectivity index (χ1v) is 9.93. The van der Waals surface area contributed by atoms with E-state index in [0.29, 0.717) is 11.5 Å². The summed E-state index contributed by atoms with van der Waals surface area (Å²) in [5, 5.41) is 6.26. The SMILES string of the molecule is O=C(NC1CCCCC1)c1cccc(Nc2ncc(-c3ccc(F)cc3)cn2)c1. The third-order valence-electron chi connectivity index (χ3n) is 5.15. The standard InChI is InChI=1S/C23H23FN4O/c24-19-11-9-16(10-12-19)18-14-25-23(26-15-18)28-21-8-4-5-17(13-21)22(29)27-20-6-2-1-3-7-20/h4-5,8-15,20H,1-3,6-7H2,(H,27,29)(H,25,26,28). The molecule has 6 heteroatoms. The lowest BCUT2D eigenvalue weighted by atomic mass is 9.95. The van der Waals surface area contributed by atoms with E-state index >= 15 is 0 Å². The van der Waals surface area contributed by atoms with Gasteiger partial charge in [-0.2, -0.15) is 0 Å². The first kappa shape index (κ1) is 19.1. The number of anilines is 2. The maximum absolute atomic E-state index is 13.1. The molecule has 2 aromatic carbocycles. The Hall–Kier alpha value is -3.28. The maximum atomic E-state index is 13.1. The molecular weight excluding hydrogens is 367 g/mol. The summed E-state index contributed by atoms with van der Waals surface area (Å²) in [5.74, 6) is 0.106. The number of benzene rings is 2. The minimum atomic E-state index is -0.277. The molecule has 0 spiro atoms. The van der Waals surface area contributed by atoms with Gasteiger partial charge >= 0.3 is 0 Å². The minimum Gasteiger partial charge on any atom is -0.349 e.